The van der Waals surface area contributed by atoms with E-state index < -0.39 is 5.41 Å². The van der Waals surface area contributed by atoms with E-state index in [1.54, 1.807) is 4.90 Å². The summed E-state index contributed by atoms with van der Waals surface area (Å²) in [6.07, 6.45) is 4.54. The molecule has 0 radical (unpaired) electrons. The van der Waals surface area contributed by atoms with E-state index in [0.29, 0.717) is 6.42 Å². The summed E-state index contributed by atoms with van der Waals surface area (Å²) in [7, 11) is 3.89. The Hall–Kier alpha value is -2.81. The summed E-state index contributed by atoms with van der Waals surface area (Å²) in [6, 6.07) is 16.3. The van der Waals surface area contributed by atoms with Crippen LogP contribution >= 0.6 is 0 Å². The number of amides is 1. The first-order valence-electron chi connectivity index (χ1n) is 8.14. The minimum Gasteiger partial charge on any atom is -0.350 e. The van der Waals surface area contributed by atoms with Gasteiger partial charge in [-0.3, -0.25) is 4.79 Å². The topological polar surface area (TPSA) is 25.2 Å². The lowest BCUT2D eigenvalue weighted by molar-refractivity contribution is -0.121. The fourth-order valence-corrected chi connectivity index (χ4v) is 4.10. The molecule has 0 aliphatic carbocycles. The molecular formula is C21H20N2O. The molecule has 2 heterocycles. The van der Waals surface area contributed by atoms with Crippen LogP contribution in [-0.4, -0.2) is 17.5 Å². The Labute approximate surface area is 141 Å². The van der Waals surface area contributed by atoms with Crippen LogP contribution in [-0.2, 0) is 17.3 Å². The van der Waals surface area contributed by atoms with Crippen LogP contribution in [0.3, 0.4) is 0 Å². The second-order valence-electron chi connectivity index (χ2n) is 6.45. The molecule has 0 N–H and O–H groups in total. The molecule has 0 bridgehead atoms. The zero-order valence-electron chi connectivity index (χ0n) is 14.0. The quantitative estimate of drug-likeness (QED) is 0.670. The summed E-state index contributed by atoms with van der Waals surface area (Å²) in [5, 5.41) is 1.13. The van der Waals surface area contributed by atoms with Gasteiger partial charge in [-0.25, -0.2) is 0 Å². The van der Waals surface area contributed by atoms with Gasteiger partial charge in [0.15, 0.2) is 0 Å². The van der Waals surface area contributed by atoms with Crippen molar-refractivity contribution in [3.63, 3.8) is 0 Å². The number of allylic oxidation sites excluding steroid dienone is 1. The molecule has 120 valence electrons. The van der Waals surface area contributed by atoms with Gasteiger partial charge in [-0.2, -0.15) is 0 Å². The first kappa shape index (κ1) is 14.8. The van der Waals surface area contributed by atoms with Crippen molar-refractivity contribution >= 4 is 22.5 Å². The van der Waals surface area contributed by atoms with Crippen molar-refractivity contribution in [1.29, 1.82) is 0 Å². The van der Waals surface area contributed by atoms with Crippen LogP contribution in [0.25, 0.3) is 10.9 Å². The van der Waals surface area contributed by atoms with Gasteiger partial charge in [0.25, 0.3) is 0 Å². The number of benzene rings is 2. The van der Waals surface area contributed by atoms with Crippen LogP contribution in [0.4, 0.5) is 5.69 Å². The Bertz CT molecular complexity index is 969. The molecule has 3 heteroatoms. The monoisotopic (exact) mass is 316 g/mol. The molecule has 24 heavy (non-hydrogen) atoms. The maximum Gasteiger partial charge on any atom is 0.242 e. The van der Waals surface area contributed by atoms with Crippen LogP contribution in [0.2, 0.25) is 0 Å². The first-order valence-corrected chi connectivity index (χ1v) is 8.14. The Kier molecular flexibility index (Phi) is 3.14. The number of carbonyl (C=O) groups excluding carboxylic acids is 1. The second kappa shape index (κ2) is 5.10. The lowest BCUT2D eigenvalue weighted by atomic mass is 9.73. The van der Waals surface area contributed by atoms with Gasteiger partial charge in [0.1, 0.15) is 5.41 Å². The van der Waals surface area contributed by atoms with Gasteiger partial charge < -0.3 is 9.47 Å². The second-order valence-corrected chi connectivity index (χ2v) is 6.45. The highest BCUT2D eigenvalue weighted by Crippen LogP contribution is 2.49. The number of nitrogens with zero attached hydrogens (tertiary/aromatic N) is 2. The molecule has 1 amide bonds. The van der Waals surface area contributed by atoms with Crippen LogP contribution in [0, 0.1) is 0 Å². The van der Waals surface area contributed by atoms with Gasteiger partial charge in [0, 0.05) is 36.9 Å². The fourth-order valence-electron chi connectivity index (χ4n) is 4.10. The third-order valence-electron chi connectivity index (χ3n) is 5.20. The zero-order valence-corrected chi connectivity index (χ0v) is 14.0. The molecule has 0 saturated carbocycles. The summed E-state index contributed by atoms with van der Waals surface area (Å²) >= 11 is 0. The van der Waals surface area contributed by atoms with Gasteiger partial charge in [-0.15, -0.1) is 6.58 Å². The predicted molar refractivity (Wildman–Crippen MR) is 98.4 cm³/mol. The van der Waals surface area contributed by atoms with Crippen LogP contribution in [0.5, 0.6) is 0 Å². The SMILES string of the molecule is C=CC[C@]1(c2cn(C)c3ccccc23)C(=O)N(C)c2ccccc21. The minimum atomic E-state index is -0.700. The average molecular weight is 316 g/mol. The lowest BCUT2D eigenvalue weighted by Gasteiger charge is -2.27. The van der Waals surface area contributed by atoms with E-state index in [1.165, 1.54) is 0 Å². The number of aryl methyl sites for hydroxylation is 1. The highest BCUT2D eigenvalue weighted by molar-refractivity contribution is 6.12. The highest BCUT2D eigenvalue weighted by atomic mass is 16.2. The van der Waals surface area contributed by atoms with Crippen molar-refractivity contribution < 1.29 is 4.79 Å². The van der Waals surface area contributed by atoms with Gasteiger partial charge in [0.2, 0.25) is 5.91 Å². The zero-order chi connectivity index (χ0) is 16.9. The van der Waals surface area contributed by atoms with E-state index in [0.717, 1.165) is 27.7 Å². The van der Waals surface area contributed by atoms with Crippen molar-refractivity contribution in [2.75, 3.05) is 11.9 Å². The molecule has 4 rings (SSSR count). The van der Waals surface area contributed by atoms with Gasteiger partial charge in [-0.1, -0.05) is 42.5 Å². The number of likely N-dealkylation sites (N-methyl/N-ethyl adjacent to an activating group) is 1. The molecule has 2 aromatic carbocycles. The Morgan fingerprint density at radius 2 is 1.75 bits per heavy atom. The number of carbonyl (C=O) groups is 1. The Morgan fingerprint density at radius 3 is 2.54 bits per heavy atom. The first-order chi connectivity index (χ1) is 11.6. The number of hydrogen-bond donors (Lipinski definition) is 0. The number of aromatic nitrogens is 1. The molecular weight excluding hydrogens is 296 g/mol. The van der Waals surface area contributed by atoms with Crippen molar-refractivity contribution in [3.8, 4) is 0 Å². The van der Waals surface area contributed by atoms with Crippen LogP contribution in [0.15, 0.2) is 67.4 Å². The molecule has 1 aromatic heterocycles. The maximum absolute atomic E-state index is 13.4. The van der Waals surface area contributed by atoms with Crippen LogP contribution < -0.4 is 4.90 Å². The molecule has 0 saturated heterocycles. The highest BCUT2D eigenvalue weighted by Gasteiger charge is 2.51. The summed E-state index contributed by atoms with van der Waals surface area (Å²) in [5.41, 5.74) is 3.54. The average Bonchev–Trinajstić information content (AvgIpc) is 3.05. The fraction of sp³-hybridized carbons (Fsp3) is 0.190. The third kappa shape index (κ3) is 1.70. The normalized spacial score (nSPS) is 19.8. The minimum absolute atomic E-state index is 0.111. The molecule has 0 spiro atoms. The van der Waals surface area contributed by atoms with Gasteiger partial charge >= 0.3 is 0 Å². The van der Waals surface area contributed by atoms with E-state index in [2.05, 4.69) is 35.5 Å². The standard InChI is InChI=1S/C21H20N2O/c1-4-13-21(16-10-6-8-12-19(16)23(3)20(21)24)17-14-22(2)18-11-7-5-9-15(17)18/h4-12,14H,1,13H2,2-3H3/t21-/m0/s1. The molecule has 3 nitrogen and oxygen atoms in total. The number of hydrogen-bond acceptors (Lipinski definition) is 1. The molecule has 1 aliphatic heterocycles. The van der Waals surface area contributed by atoms with Gasteiger partial charge in [0.05, 0.1) is 0 Å². The van der Waals surface area contributed by atoms with E-state index in [1.807, 2.05) is 50.5 Å². The summed E-state index contributed by atoms with van der Waals surface area (Å²) in [6.45, 7) is 3.94. The van der Waals surface area contributed by atoms with E-state index >= 15 is 0 Å². The van der Waals surface area contributed by atoms with E-state index in [9.17, 15) is 4.79 Å². The number of fused-ring (bicyclic) bond motifs is 2. The van der Waals surface area contributed by atoms with Crippen molar-refractivity contribution in [1.82, 2.24) is 4.57 Å². The third-order valence-corrected chi connectivity index (χ3v) is 5.20. The number of rotatable bonds is 3. The van der Waals surface area contributed by atoms with Crippen molar-refractivity contribution in [3.05, 3.63) is 78.5 Å². The van der Waals surface area contributed by atoms with Crippen LogP contribution in [0.1, 0.15) is 17.5 Å². The molecule has 1 aliphatic rings. The Balaban J connectivity index is 2.11. The number of para-hydroxylation sites is 2. The maximum atomic E-state index is 13.4. The molecule has 0 fully saturated rings. The summed E-state index contributed by atoms with van der Waals surface area (Å²) in [4.78, 5) is 15.2. The van der Waals surface area contributed by atoms with E-state index in [4.69, 9.17) is 0 Å². The summed E-state index contributed by atoms with van der Waals surface area (Å²) < 4.78 is 2.10. The largest absolute Gasteiger partial charge is 0.350 e. The molecule has 0 unspecified atom stereocenters. The molecule has 1 atom stereocenters. The van der Waals surface area contributed by atoms with Crippen molar-refractivity contribution in [2.45, 2.75) is 11.8 Å². The van der Waals surface area contributed by atoms with Crippen molar-refractivity contribution in [2.24, 2.45) is 7.05 Å². The molecule has 3 aromatic rings. The predicted octanol–water partition coefficient (Wildman–Crippen LogP) is 4.02. The lowest BCUT2D eigenvalue weighted by Crippen LogP contribution is -2.39. The number of anilines is 1. The summed E-state index contributed by atoms with van der Waals surface area (Å²) in [5.74, 6) is 0.111. The smallest absolute Gasteiger partial charge is 0.242 e. The van der Waals surface area contributed by atoms with E-state index in [-0.39, 0.29) is 5.91 Å². The Morgan fingerprint density at radius 1 is 1.04 bits per heavy atom. The van der Waals surface area contributed by atoms with Gasteiger partial charge in [-0.05, 0) is 29.7 Å².